The van der Waals surface area contributed by atoms with E-state index in [9.17, 15) is 9.90 Å². The van der Waals surface area contributed by atoms with Gasteiger partial charge in [-0.3, -0.25) is 9.78 Å². The summed E-state index contributed by atoms with van der Waals surface area (Å²) >= 11 is 0. The van der Waals surface area contributed by atoms with Gasteiger partial charge >= 0.3 is 0 Å². The number of para-hydroxylation sites is 1. The number of aliphatic hydroxyl groups is 1. The molecule has 0 aliphatic carbocycles. The Morgan fingerprint density at radius 3 is 2.79 bits per heavy atom. The van der Waals surface area contributed by atoms with E-state index in [1.54, 1.807) is 31.3 Å². The second-order valence-electron chi connectivity index (χ2n) is 5.83. The highest BCUT2D eigenvalue weighted by Gasteiger charge is 2.45. The third kappa shape index (κ3) is 3.00. The van der Waals surface area contributed by atoms with Gasteiger partial charge in [-0.1, -0.05) is 24.3 Å². The second kappa shape index (κ2) is 6.41. The van der Waals surface area contributed by atoms with E-state index < -0.39 is 11.6 Å². The molecule has 1 aliphatic rings. The first kappa shape index (κ1) is 16.1. The predicted octanol–water partition coefficient (Wildman–Crippen LogP) is 2.22. The Labute approximate surface area is 140 Å². The van der Waals surface area contributed by atoms with Crippen LogP contribution in [0.5, 0.6) is 5.75 Å². The van der Waals surface area contributed by atoms with Crippen LogP contribution in [0.25, 0.3) is 0 Å². The fourth-order valence-electron chi connectivity index (χ4n) is 2.73. The van der Waals surface area contributed by atoms with Gasteiger partial charge in [0.05, 0.1) is 0 Å². The molecule has 2 heterocycles. The van der Waals surface area contributed by atoms with E-state index in [1.807, 2.05) is 25.1 Å². The van der Waals surface area contributed by atoms with Crippen LogP contribution in [0, 0.1) is 6.92 Å². The minimum absolute atomic E-state index is 0.204. The molecule has 0 bridgehead atoms. The number of ether oxygens (including phenoxy) is 1. The molecule has 0 spiro atoms. The van der Waals surface area contributed by atoms with Crippen LogP contribution in [-0.4, -0.2) is 33.3 Å². The Balaban J connectivity index is 1.78. The summed E-state index contributed by atoms with van der Waals surface area (Å²) in [5, 5.41) is 16.3. The lowest BCUT2D eigenvalue weighted by Crippen LogP contribution is -2.45. The van der Waals surface area contributed by atoms with Crippen LogP contribution < -0.4 is 4.74 Å². The highest BCUT2D eigenvalue weighted by Crippen LogP contribution is 2.34. The second-order valence-corrected chi connectivity index (χ2v) is 5.83. The zero-order valence-corrected chi connectivity index (χ0v) is 13.6. The molecular formula is C18H19N3O3. The summed E-state index contributed by atoms with van der Waals surface area (Å²) < 4.78 is 5.59. The molecule has 2 aromatic rings. The number of hydrogen-bond donors (Lipinski definition) is 1. The van der Waals surface area contributed by atoms with Gasteiger partial charge < -0.3 is 9.84 Å². The summed E-state index contributed by atoms with van der Waals surface area (Å²) in [6, 6.07) is 10.9. The molecule has 1 amide bonds. The Morgan fingerprint density at radius 1 is 1.29 bits per heavy atom. The van der Waals surface area contributed by atoms with E-state index in [1.165, 1.54) is 6.20 Å². The number of nitrogens with zero attached hydrogens (tertiary/aromatic N) is 3. The third-order valence-electron chi connectivity index (χ3n) is 3.93. The molecule has 124 valence electrons. The highest BCUT2D eigenvalue weighted by molar-refractivity contribution is 5.89. The number of pyridine rings is 1. The first-order chi connectivity index (χ1) is 11.5. The smallest absolute Gasteiger partial charge is 0.283 e. The van der Waals surface area contributed by atoms with E-state index >= 15 is 0 Å². The fourth-order valence-corrected chi connectivity index (χ4v) is 2.73. The van der Waals surface area contributed by atoms with E-state index in [-0.39, 0.29) is 13.0 Å². The van der Waals surface area contributed by atoms with E-state index in [0.29, 0.717) is 17.0 Å². The van der Waals surface area contributed by atoms with Crippen molar-refractivity contribution < 1.29 is 14.6 Å². The first-order valence-corrected chi connectivity index (χ1v) is 7.69. The minimum atomic E-state index is -1.52. The molecule has 0 radical (unpaired) electrons. The molecule has 0 saturated heterocycles. The Morgan fingerprint density at radius 2 is 2.08 bits per heavy atom. The number of aryl methyl sites for hydroxylation is 1. The van der Waals surface area contributed by atoms with Gasteiger partial charge in [0.2, 0.25) is 0 Å². The van der Waals surface area contributed by atoms with Gasteiger partial charge in [-0.05, 0) is 31.5 Å². The number of hydrogen-bond acceptors (Lipinski definition) is 5. The van der Waals surface area contributed by atoms with Crippen molar-refractivity contribution in [2.75, 3.05) is 6.61 Å². The number of carbonyl (C=O) groups is 1. The van der Waals surface area contributed by atoms with E-state index in [4.69, 9.17) is 4.74 Å². The molecule has 1 atom stereocenters. The van der Waals surface area contributed by atoms with Crippen molar-refractivity contribution in [3.05, 3.63) is 59.9 Å². The number of hydrazone groups is 1. The average Bonchev–Trinajstić information content (AvgIpc) is 2.90. The molecule has 0 fully saturated rings. The van der Waals surface area contributed by atoms with Gasteiger partial charge in [0.15, 0.2) is 12.3 Å². The lowest BCUT2D eigenvalue weighted by Gasteiger charge is -2.31. The van der Waals surface area contributed by atoms with Gasteiger partial charge in [-0.2, -0.15) is 10.1 Å². The van der Waals surface area contributed by atoms with Crippen LogP contribution in [0.15, 0.2) is 53.9 Å². The molecular weight excluding hydrogens is 306 g/mol. The summed E-state index contributed by atoms with van der Waals surface area (Å²) in [6.45, 7) is 3.48. The van der Waals surface area contributed by atoms with Crippen molar-refractivity contribution in [2.24, 2.45) is 5.10 Å². The Hall–Kier alpha value is -2.73. The fraction of sp³-hybridized carbons (Fsp3) is 0.278. The molecule has 6 heteroatoms. The van der Waals surface area contributed by atoms with Crippen LogP contribution in [0.1, 0.15) is 24.5 Å². The lowest BCUT2D eigenvalue weighted by molar-refractivity contribution is -0.159. The number of aromatic nitrogens is 1. The van der Waals surface area contributed by atoms with Crippen molar-refractivity contribution in [1.29, 1.82) is 0 Å². The SMILES string of the molecule is CC1=NN(C(=O)COc2ccccc2C)C(O)(c2cccnc2)C1. The maximum atomic E-state index is 12.6. The number of amides is 1. The van der Waals surface area contributed by atoms with Crippen molar-refractivity contribution in [3.8, 4) is 5.75 Å². The van der Waals surface area contributed by atoms with E-state index in [2.05, 4.69) is 10.1 Å². The van der Waals surface area contributed by atoms with Gasteiger partial charge in [0.25, 0.3) is 5.91 Å². The molecule has 1 N–H and O–H groups in total. The van der Waals surface area contributed by atoms with Crippen molar-refractivity contribution >= 4 is 11.6 Å². The van der Waals surface area contributed by atoms with Gasteiger partial charge in [0, 0.05) is 30.1 Å². The van der Waals surface area contributed by atoms with Crippen LogP contribution in [-0.2, 0) is 10.5 Å². The monoisotopic (exact) mass is 325 g/mol. The molecule has 0 saturated carbocycles. The first-order valence-electron chi connectivity index (χ1n) is 7.69. The summed E-state index contributed by atoms with van der Waals surface area (Å²) in [7, 11) is 0. The van der Waals surface area contributed by atoms with Gasteiger partial charge in [-0.15, -0.1) is 0 Å². The zero-order valence-electron chi connectivity index (χ0n) is 13.6. The maximum absolute atomic E-state index is 12.6. The normalized spacial score (nSPS) is 20.0. The Bertz CT molecular complexity index is 776. The summed E-state index contributed by atoms with van der Waals surface area (Å²) in [6.07, 6.45) is 3.40. The highest BCUT2D eigenvalue weighted by atomic mass is 16.5. The average molecular weight is 325 g/mol. The van der Waals surface area contributed by atoms with Crippen LogP contribution in [0.2, 0.25) is 0 Å². The summed E-state index contributed by atoms with van der Waals surface area (Å²) in [4.78, 5) is 16.6. The van der Waals surface area contributed by atoms with Gasteiger partial charge in [-0.25, -0.2) is 0 Å². The molecule has 1 aromatic heterocycles. The molecule has 1 unspecified atom stereocenters. The molecule has 1 aromatic carbocycles. The van der Waals surface area contributed by atoms with Crippen molar-refractivity contribution in [2.45, 2.75) is 26.0 Å². The Kier molecular flexibility index (Phi) is 4.31. The quantitative estimate of drug-likeness (QED) is 0.935. The maximum Gasteiger partial charge on any atom is 0.283 e. The molecule has 1 aliphatic heterocycles. The van der Waals surface area contributed by atoms with Crippen LogP contribution in [0.3, 0.4) is 0 Å². The van der Waals surface area contributed by atoms with Crippen LogP contribution in [0.4, 0.5) is 0 Å². The number of carbonyl (C=O) groups excluding carboxylic acids is 1. The topological polar surface area (TPSA) is 75.0 Å². The standard InChI is InChI=1S/C18H19N3O3/c1-13-6-3-4-8-16(13)24-12-17(22)21-18(23,10-14(2)20-21)15-7-5-9-19-11-15/h3-9,11,23H,10,12H2,1-2H3. The van der Waals surface area contributed by atoms with E-state index in [0.717, 1.165) is 10.6 Å². The zero-order chi connectivity index (χ0) is 17.2. The number of benzene rings is 1. The molecule has 3 rings (SSSR count). The van der Waals surface area contributed by atoms with Gasteiger partial charge in [0.1, 0.15) is 5.75 Å². The van der Waals surface area contributed by atoms with Crippen molar-refractivity contribution in [1.82, 2.24) is 9.99 Å². The van der Waals surface area contributed by atoms with Crippen LogP contribution >= 0.6 is 0 Å². The lowest BCUT2D eigenvalue weighted by atomic mass is 9.99. The van der Waals surface area contributed by atoms with Crippen molar-refractivity contribution in [3.63, 3.8) is 0 Å². The number of rotatable bonds is 4. The minimum Gasteiger partial charge on any atom is -0.483 e. The summed E-state index contributed by atoms with van der Waals surface area (Å²) in [5.41, 5.74) is 0.610. The predicted molar refractivity (Wildman–Crippen MR) is 89.4 cm³/mol. The molecule has 24 heavy (non-hydrogen) atoms. The third-order valence-corrected chi connectivity index (χ3v) is 3.93. The summed E-state index contributed by atoms with van der Waals surface area (Å²) in [5.74, 6) is 0.220. The largest absolute Gasteiger partial charge is 0.483 e. The molecule has 6 nitrogen and oxygen atoms in total.